The van der Waals surface area contributed by atoms with Crippen molar-refractivity contribution in [1.82, 2.24) is 0 Å². The molecule has 1 heterocycles. The molecule has 0 aromatic rings. The summed E-state index contributed by atoms with van der Waals surface area (Å²) < 4.78 is 5.68. The molecule has 6 atom stereocenters. The Kier molecular flexibility index (Phi) is 4.41. The number of ether oxygens (including phenoxy) is 1. The van der Waals surface area contributed by atoms with Crippen LogP contribution in [-0.2, 0) is 14.3 Å². The van der Waals surface area contributed by atoms with E-state index >= 15 is 0 Å². The Hall–Kier alpha value is -1.12. The SMILES string of the molecule is CC(C)=CCCC(C)[C@@H]1C[C@@H]2OC(=O)C[C@H]3C(=O)CC[C@@]1(C)C23. The predicted molar refractivity (Wildman–Crippen MR) is 89.8 cm³/mol. The summed E-state index contributed by atoms with van der Waals surface area (Å²) in [6.45, 7) is 9.00. The average Bonchev–Trinajstić information content (AvgIpc) is 2.76. The minimum absolute atomic E-state index is 0.0218. The summed E-state index contributed by atoms with van der Waals surface area (Å²) in [7, 11) is 0. The normalized spacial score (nSPS) is 40.3. The molecule has 128 valence electrons. The van der Waals surface area contributed by atoms with Gasteiger partial charge >= 0.3 is 5.97 Å². The van der Waals surface area contributed by atoms with Crippen molar-refractivity contribution >= 4 is 11.8 Å². The molecule has 2 unspecified atom stereocenters. The lowest BCUT2D eigenvalue weighted by molar-refractivity contribution is -0.171. The average molecular weight is 318 g/mol. The van der Waals surface area contributed by atoms with Gasteiger partial charge in [0.05, 0.1) is 6.42 Å². The first-order valence-electron chi connectivity index (χ1n) is 9.18. The fourth-order valence-corrected chi connectivity index (χ4v) is 5.66. The molecule has 2 saturated carbocycles. The Labute approximate surface area is 139 Å². The predicted octanol–water partition coefficient (Wildman–Crippen LogP) is 4.31. The van der Waals surface area contributed by atoms with E-state index in [0.29, 0.717) is 30.5 Å². The third kappa shape index (κ3) is 2.88. The van der Waals surface area contributed by atoms with E-state index in [4.69, 9.17) is 4.74 Å². The van der Waals surface area contributed by atoms with Crippen molar-refractivity contribution < 1.29 is 14.3 Å². The zero-order valence-electron chi connectivity index (χ0n) is 14.9. The van der Waals surface area contributed by atoms with Crippen molar-refractivity contribution in [1.29, 1.82) is 0 Å². The van der Waals surface area contributed by atoms with Crippen LogP contribution in [0.4, 0.5) is 0 Å². The minimum Gasteiger partial charge on any atom is -0.462 e. The van der Waals surface area contributed by atoms with Gasteiger partial charge in [0.1, 0.15) is 11.9 Å². The number of ketones is 1. The van der Waals surface area contributed by atoms with Crippen molar-refractivity contribution in [3.8, 4) is 0 Å². The minimum atomic E-state index is -0.160. The second-order valence-electron chi connectivity index (χ2n) is 8.52. The van der Waals surface area contributed by atoms with E-state index in [9.17, 15) is 9.59 Å². The van der Waals surface area contributed by atoms with Gasteiger partial charge in [-0.15, -0.1) is 0 Å². The number of rotatable bonds is 4. The van der Waals surface area contributed by atoms with E-state index < -0.39 is 0 Å². The lowest BCUT2D eigenvalue weighted by atomic mass is 9.57. The molecule has 0 radical (unpaired) electrons. The maximum Gasteiger partial charge on any atom is 0.306 e. The van der Waals surface area contributed by atoms with Crippen LogP contribution in [0.25, 0.3) is 0 Å². The first kappa shape index (κ1) is 16.7. The van der Waals surface area contributed by atoms with Crippen LogP contribution < -0.4 is 0 Å². The van der Waals surface area contributed by atoms with Crippen LogP contribution in [0.3, 0.4) is 0 Å². The molecule has 3 aliphatic rings. The quantitative estimate of drug-likeness (QED) is 0.573. The van der Waals surface area contributed by atoms with Crippen molar-refractivity contribution in [2.75, 3.05) is 0 Å². The molecule has 3 rings (SSSR count). The number of Topliss-reactive ketones (excluding diaryl/α,β-unsaturated/α-hetero) is 1. The summed E-state index contributed by atoms with van der Waals surface area (Å²) in [6, 6.07) is 0. The van der Waals surface area contributed by atoms with Crippen molar-refractivity contribution in [3.63, 3.8) is 0 Å². The van der Waals surface area contributed by atoms with Gasteiger partial charge in [0, 0.05) is 18.3 Å². The van der Waals surface area contributed by atoms with Gasteiger partial charge in [0.2, 0.25) is 0 Å². The lowest BCUT2D eigenvalue weighted by Gasteiger charge is -2.47. The molecule has 0 aromatic heterocycles. The topological polar surface area (TPSA) is 43.4 Å². The van der Waals surface area contributed by atoms with E-state index in [2.05, 4.69) is 33.8 Å². The molecule has 0 N–H and O–H groups in total. The number of allylic oxidation sites excluding steroid dienone is 2. The second-order valence-corrected chi connectivity index (χ2v) is 8.52. The molecule has 3 heteroatoms. The van der Waals surface area contributed by atoms with Crippen molar-refractivity contribution in [2.45, 2.75) is 72.3 Å². The summed E-state index contributed by atoms with van der Waals surface area (Å²) in [5.41, 5.74) is 1.54. The summed E-state index contributed by atoms with van der Waals surface area (Å²) in [5.74, 6) is 1.49. The maximum atomic E-state index is 12.3. The van der Waals surface area contributed by atoms with Crippen LogP contribution in [0.2, 0.25) is 0 Å². The first-order valence-corrected chi connectivity index (χ1v) is 9.18. The van der Waals surface area contributed by atoms with Gasteiger partial charge in [-0.05, 0) is 56.8 Å². The monoisotopic (exact) mass is 318 g/mol. The van der Waals surface area contributed by atoms with E-state index in [-0.39, 0.29) is 29.3 Å². The van der Waals surface area contributed by atoms with Crippen molar-refractivity contribution in [2.24, 2.45) is 29.1 Å². The summed E-state index contributed by atoms with van der Waals surface area (Å²) in [4.78, 5) is 24.2. The van der Waals surface area contributed by atoms with Crippen LogP contribution in [0, 0.1) is 29.1 Å². The summed E-state index contributed by atoms with van der Waals surface area (Å²) in [6.07, 6.45) is 7.47. The van der Waals surface area contributed by atoms with Crippen LogP contribution in [0.1, 0.15) is 66.2 Å². The second kappa shape index (κ2) is 6.07. The Morgan fingerprint density at radius 2 is 2.13 bits per heavy atom. The molecule has 0 amide bonds. The highest BCUT2D eigenvalue weighted by molar-refractivity contribution is 5.87. The smallest absolute Gasteiger partial charge is 0.306 e. The highest BCUT2D eigenvalue weighted by Gasteiger charge is 2.62. The number of hydrogen-bond donors (Lipinski definition) is 0. The van der Waals surface area contributed by atoms with Crippen LogP contribution >= 0.6 is 0 Å². The van der Waals surface area contributed by atoms with Gasteiger partial charge in [-0.2, -0.15) is 0 Å². The fourth-order valence-electron chi connectivity index (χ4n) is 5.66. The van der Waals surface area contributed by atoms with Crippen molar-refractivity contribution in [3.05, 3.63) is 11.6 Å². The van der Waals surface area contributed by atoms with Gasteiger partial charge in [0.25, 0.3) is 0 Å². The number of carbonyl (C=O) groups is 2. The molecule has 3 nitrogen and oxygen atoms in total. The maximum absolute atomic E-state index is 12.3. The first-order chi connectivity index (χ1) is 10.8. The molecule has 1 aliphatic heterocycles. The Bertz CT molecular complexity index is 531. The van der Waals surface area contributed by atoms with Crippen LogP contribution in [0.15, 0.2) is 11.6 Å². The fraction of sp³-hybridized carbons (Fsp3) is 0.800. The van der Waals surface area contributed by atoms with E-state index in [0.717, 1.165) is 19.3 Å². The molecule has 3 fully saturated rings. The zero-order chi connectivity index (χ0) is 16.8. The standard InChI is InChI=1S/C20H30O3/c1-12(2)6-5-7-13(3)15-11-17-19-14(10-18(22)23-17)16(21)8-9-20(15,19)4/h6,13-15,17,19H,5,7-11H2,1-4H3/t13?,14-,15-,17-,19?,20+/m0/s1. The number of hydrogen-bond acceptors (Lipinski definition) is 3. The van der Waals surface area contributed by atoms with E-state index in [1.807, 2.05) is 0 Å². The molecule has 23 heavy (non-hydrogen) atoms. The van der Waals surface area contributed by atoms with Gasteiger partial charge in [-0.3, -0.25) is 9.59 Å². The van der Waals surface area contributed by atoms with E-state index in [1.54, 1.807) is 0 Å². The molecule has 0 aromatic carbocycles. The van der Waals surface area contributed by atoms with Crippen LogP contribution in [0.5, 0.6) is 0 Å². The lowest BCUT2D eigenvalue weighted by Crippen LogP contribution is -2.49. The number of esters is 1. The molecular weight excluding hydrogens is 288 g/mol. The zero-order valence-corrected chi connectivity index (χ0v) is 14.9. The molecule has 1 saturated heterocycles. The molecule has 2 aliphatic carbocycles. The van der Waals surface area contributed by atoms with E-state index in [1.165, 1.54) is 12.0 Å². The highest BCUT2D eigenvalue weighted by atomic mass is 16.5. The molecular formula is C20H30O3. The summed E-state index contributed by atoms with van der Waals surface area (Å²) in [5, 5.41) is 0. The van der Waals surface area contributed by atoms with Gasteiger partial charge < -0.3 is 4.74 Å². The highest BCUT2D eigenvalue weighted by Crippen LogP contribution is 2.61. The van der Waals surface area contributed by atoms with Gasteiger partial charge in [-0.25, -0.2) is 0 Å². The van der Waals surface area contributed by atoms with Crippen LogP contribution in [-0.4, -0.2) is 17.9 Å². The third-order valence-corrected chi connectivity index (χ3v) is 6.78. The largest absolute Gasteiger partial charge is 0.462 e. The molecule has 0 spiro atoms. The summed E-state index contributed by atoms with van der Waals surface area (Å²) >= 11 is 0. The van der Waals surface area contributed by atoms with Gasteiger partial charge in [-0.1, -0.05) is 25.5 Å². The molecule has 0 bridgehead atoms. The van der Waals surface area contributed by atoms with Gasteiger partial charge in [0.15, 0.2) is 0 Å². The Morgan fingerprint density at radius 3 is 2.83 bits per heavy atom. The Morgan fingerprint density at radius 1 is 1.39 bits per heavy atom. The number of carbonyl (C=O) groups excluding carboxylic acids is 2. The third-order valence-electron chi connectivity index (χ3n) is 6.78. The Balaban J connectivity index is 1.80.